The number of carbonyl (C=O) groups excluding carboxylic acids is 1. The molecule has 0 aliphatic carbocycles. The highest BCUT2D eigenvalue weighted by Gasteiger charge is 2.33. The Kier molecular flexibility index (Phi) is 5.65. The van der Waals surface area contributed by atoms with Crippen LogP contribution in [-0.2, 0) is 9.53 Å². The van der Waals surface area contributed by atoms with E-state index < -0.39 is 12.0 Å². The van der Waals surface area contributed by atoms with Crippen molar-refractivity contribution in [2.24, 2.45) is 4.99 Å². The molecule has 31 heavy (non-hydrogen) atoms. The molecule has 0 saturated carbocycles. The Morgan fingerprint density at radius 2 is 2.00 bits per heavy atom. The third-order valence-corrected chi connectivity index (χ3v) is 5.94. The first-order valence-electron chi connectivity index (χ1n) is 9.92. The van der Waals surface area contributed by atoms with E-state index in [1.807, 2.05) is 61.5 Å². The molecule has 1 atom stereocenters. The first-order valence-corrected chi connectivity index (χ1v) is 10.7. The van der Waals surface area contributed by atoms with E-state index in [1.165, 1.54) is 11.3 Å². The van der Waals surface area contributed by atoms with Gasteiger partial charge in [0.1, 0.15) is 5.76 Å². The Balaban J connectivity index is 1.91. The summed E-state index contributed by atoms with van der Waals surface area (Å²) in [5.41, 5.74) is 1.52. The zero-order valence-corrected chi connectivity index (χ0v) is 18.6. The number of thiazole rings is 1. The van der Waals surface area contributed by atoms with Gasteiger partial charge >= 0.3 is 5.97 Å². The molecule has 0 unspecified atom stereocenters. The van der Waals surface area contributed by atoms with Gasteiger partial charge in [-0.1, -0.05) is 41.7 Å². The van der Waals surface area contributed by atoms with Crippen LogP contribution in [-0.4, -0.2) is 31.2 Å². The third-order valence-electron chi connectivity index (χ3n) is 4.96. The van der Waals surface area contributed by atoms with Crippen molar-refractivity contribution < 1.29 is 13.9 Å². The summed E-state index contributed by atoms with van der Waals surface area (Å²) in [7, 11) is 3.77. The zero-order valence-electron chi connectivity index (χ0n) is 17.8. The van der Waals surface area contributed by atoms with Crippen LogP contribution in [0, 0.1) is 0 Å². The number of hydrogen-bond donors (Lipinski definition) is 0. The second-order valence-electron chi connectivity index (χ2n) is 7.28. The average Bonchev–Trinajstić information content (AvgIpc) is 3.33. The molecule has 1 aliphatic heterocycles. The van der Waals surface area contributed by atoms with Crippen molar-refractivity contribution in [1.82, 2.24) is 4.57 Å². The van der Waals surface area contributed by atoms with Crippen molar-refractivity contribution in [1.29, 1.82) is 0 Å². The number of aromatic nitrogens is 1. The van der Waals surface area contributed by atoms with Crippen LogP contribution in [0.4, 0.5) is 5.88 Å². The molecule has 0 spiro atoms. The van der Waals surface area contributed by atoms with Gasteiger partial charge in [0.25, 0.3) is 5.56 Å². The van der Waals surface area contributed by atoms with Crippen LogP contribution in [0.3, 0.4) is 0 Å². The number of allylic oxidation sites excluding steroid dienone is 1. The van der Waals surface area contributed by atoms with Crippen LogP contribution < -0.4 is 19.8 Å². The highest BCUT2D eigenvalue weighted by atomic mass is 32.1. The van der Waals surface area contributed by atoms with Gasteiger partial charge in [0.05, 0.1) is 28.5 Å². The lowest BCUT2D eigenvalue weighted by atomic mass is 9.96. The minimum absolute atomic E-state index is 0.227. The molecule has 0 N–H and O–H groups in total. The van der Waals surface area contributed by atoms with Gasteiger partial charge < -0.3 is 14.1 Å². The van der Waals surface area contributed by atoms with Crippen LogP contribution in [0.5, 0.6) is 0 Å². The van der Waals surface area contributed by atoms with Crippen molar-refractivity contribution in [2.75, 3.05) is 25.6 Å². The van der Waals surface area contributed by atoms with E-state index >= 15 is 0 Å². The fourth-order valence-corrected chi connectivity index (χ4v) is 4.56. The summed E-state index contributed by atoms with van der Waals surface area (Å²) < 4.78 is 13.1. The summed E-state index contributed by atoms with van der Waals surface area (Å²) in [6.45, 7) is 3.77. The molecule has 0 radical (unpaired) electrons. The fourth-order valence-electron chi connectivity index (χ4n) is 3.53. The van der Waals surface area contributed by atoms with Crippen molar-refractivity contribution in [3.05, 3.63) is 84.7 Å². The Bertz CT molecular complexity index is 1330. The van der Waals surface area contributed by atoms with Crippen LogP contribution >= 0.6 is 11.3 Å². The number of anilines is 1. The Morgan fingerprint density at radius 3 is 2.65 bits per heavy atom. The van der Waals surface area contributed by atoms with Gasteiger partial charge in [0.2, 0.25) is 0 Å². The van der Waals surface area contributed by atoms with Crippen molar-refractivity contribution in [3.8, 4) is 0 Å². The summed E-state index contributed by atoms with van der Waals surface area (Å²) >= 11 is 1.27. The molecule has 0 amide bonds. The molecule has 0 bridgehead atoms. The standard InChI is InChI=1S/C23H23N3O4S/c1-5-29-22(28)19-14(2)24-23-26(20(19)15-9-7-6-8-10-15)21(27)17(31-23)13-16-11-12-18(30-16)25(3)4/h6-13,20H,5H2,1-4H3/b17-13-/t20-/m0/s1. The number of nitrogens with zero attached hydrogens (tertiary/aromatic N) is 3. The highest BCUT2D eigenvalue weighted by molar-refractivity contribution is 7.07. The molecular formula is C23H23N3O4S. The first kappa shape index (κ1) is 20.9. The fraction of sp³-hybridized carbons (Fsp3) is 0.261. The van der Waals surface area contributed by atoms with E-state index in [1.54, 1.807) is 24.5 Å². The number of carbonyl (C=O) groups is 1. The molecule has 2 aromatic heterocycles. The predicted octanol–water partition coefficient (Wildman–Crippen LogP) is 2.46. The normalized spacial score (nSPS) is 16.1. The van der Waals surface area contributed by atoms with E-state index in [2.05, 4.69) is 4.99 Å². The van der Waals surface area contributed by atoms with Gasteiger partial charge in [-0.3, -0.25) is 9.36 Å². The van der Waals surface area contributed by atoms with Gasteiger partial charge in [-0.25, -0.2) is 9.79 Å². The number of benzene rings is 1. The van der Waals surface area contributed by atoms with E-state index in [0.29, 0.717) is 32.2 Å². The highest BCUT2D eigenvalue weighted by Crippen LogP contribution is 2.30. The number of hydrogen-bond acceptors (Lipinski definition) is 7. The maximum Gasteiger partial charge on any atom is 0.338 e. The molecule has 0 fully saturated rings. The summed E-state index contributed by atoms with van der Waals surface area (Å²) in [6.07, 6.45) is 1.71. The lowest BCUT2D eigenvalue weighted by Crippen LogP contribution is -2.39. The molecule has 1 aliphatic rings. The summed E-state index contributed by atoms with van der Waals surface area (Å²) in [4.78, 5) is 33.2. The molecule has 0 saturated heterocycles. The minimum Gasteiger partial charge on any atom is -0.463 e. The molecular weight excluding hydrogens is 414 g/mol. The largest absolute Gasteiger partial charge is 0.463 e. The zero-order chi connectivity index (χ0) is 22.1. The second kappa shape index (κ2) is 8.39. The summed E-state index contributed by atoms with van der Waals surface area (Å²) in [5.74, 6) is 0.807. The van der Waals surface area contributed by atoms with Gasteiger partial charge in [-0.2, -0.15) is 0 Å². The number of ether oxygens (including phenoxy) is 1. The van der Waals surface area contributed by atoms with Crippen molar-refractivity contribution >= 4 is 29.3 Å². The maximum atomic E-state index is 13.4. The number of rotatable bonds is 5. The quantitative estimate of drug-likeness (QED) is 0.573. The molecule has 3 heterocycles. The smallest absolute Gasteiger partial charge is 0.338 e. The predicted molar refractivity (Wildman–Crippen MR) is 120 cm³/mol. The van der Waals surface area contributed by atoms with Crippen LogP contribution in [0.25, 0.3) is 6.08 Å². The lowest BCUT2D eigenvalue weighted by Gasteiger charge is -2.24. The number of furan rings is 1. The number of esters is 1. The minimum atomic E-state index is -0.604. The van der Waals surface area contributed by atoms with Gasteiger partial charge in [-0.15, -0.1) is 0 Å². The number of fused-ring (bicyclic) bond motifs is 1. The summed E-state index contributed by atoms with van der Waals surface area (Å²) in [5, 5.41) is 0. The van der Waals surface area contributed by atoms with E-state index in [-0.39, 0.29) is 12.2 Å². The van der Waals surface area contributed by atoms with E-state index in [9.17, 15) is 9.59 Å². The van der Waals surface area contributed by atoms with Crippen LogP contribution in [0.15, 0.2) is 67.9 Å². The van der Waals surface area contributed by atoms with Crippen LogP contribution in [0.2, 0.25) is 0 Å². The van der Waals surface area contributed by atoms with Crippen molar-refractivity contribution in [2.45, 2.75) is 19.9 Å². The topological polar surface area (TPSA) is 77.0 Å². The maximum absolute atomic E-state index is 13.4. The Labute approximate surface area is 183 Å². The third kappa shape index (κ3) is 3.86. The second-order valence-corrected chi connectivity index (χ2v) is 8.29. The van der Waals surface area contributed by atoms with Crippen molar-refractivity contribution in [3.63, 3.8) is 0 Å². The molecule has 3 aromatic rings. The molecule has 8 heteroatoms. The van der Waals surface area contributed by atoms with E-state index in [4.69, 9.17) is 9.15 Å². The summed E-state index contributed by atoms with van der Waals surface area (Å²) in [6, 6.07) is 12.5. The van der Waals surface area contributed by atoms with Gasteiger partial charge in [-0.05, 0) is 25.5 Å². The molecule has 7 nitrogen and oxygen atoms in total. The Morgan fingerprint density at radius 1 is 1.26 bits per heavy atom. The van der Waals surface area contributed by atoms with Gasteiger partial charge in [0.15, 0.2) is 10.7 Å². The van der Waals surface area contributed by atoms with Gasteiger partial charge in [0, 0.05) is 26.2 Å². The molecule has 1 aromatic carbocycles. The average molecular weight is 438 g/mol. The Hall–Kier alpha value is -3.39. The molecule has 4 rings (SSSR count). The SMILES string of the molecule is CCOC(=O)C1=C(C)N=c2s/c(=C\c3ccc(N(C)C)o3)c(=O)n2[C@H]1c1ccccc1. The molecule has 160 valence electrons. The van der Waals surface area contributed by atoms with E-state index in [0.717, 1.165) is 5.56 Å². The first-order chi connectivity index (χ1) is 14.9. The van der Waals surface area contributed by atoms with Crippen LogP contribution in [0.1, 0.15) is 31.2 Å². The lowest BCUT2D eigenvalue weighted by molar-refractivity contribution is -0.139. The monoisotopic (exact) mass is 437 g/mol.